The smallest absolute Gasteiger partial charge is 0.00924 e. The van der Waals surface area contributed by atoms with E-state index >= 15 is 0 Å². The van der Waals surface area contributed by atoms with Crippen LogP contribution in [0.25, 0.3) is 0 Å². The van der Waals surface area contributed by atoms with E-state index in [0.29, 0.717) is 6.04 Å². The van der Waals surface area contributed by atoms with Gasteiger partial charge in [-0.3, -0.25) is 0 Å². The molecule has 0 spiro atoms. The number of nitrogens with zero attached hydrogens (tertiary/aromatic N) is 1. The van der Waals surface area contributed by atoms with Crippen LogP contribution in [0.1, 0.15) is 47.0 Å². The molecule has 1 fully saturated rings. The Morgan fingerprint density at radius 2 is 2.07 bits per heavy atom. The quantitative estimate of drug-likeness (QED) is 0.773. The van der Waals surface area contributed by atoms with Gasteiger partial charge in [0.15, 0.2) is 0 Å². The highest BCUT2D eigenvalue weighted by Crippen LogP contribution is 2.16. The van der Waals surface area contributed by atoms with Crippen LogP contribution in [-0.4, -0.2) is 36.6 Å². The van der Waals surface area contributed by atoms with Crippen LogP contribution < -0.4 is 5.32 Å². The van der Waals surface area contributed by atoms with Crippen molar-refractivity contribution in [2.75, 3.05) is 19.6 Å². The third-order valence-corrected chi connectivity index (χ3v) is 4.01. The zero-order chi connectivity index (χ0) is 11.3. The maximum Gasteiger partial charge on any atom is 0.00924 e. The Morgan fingerprint density at radius 3 is 2.73 bits per heavy atom. The van der Waals surface area contributed by atoms with Gasteiger partial charge >= 0.3 is 0 Å². The van der Waals surface area contributed by atoms with Crippen molar-refractivity contribution in [3.63, 3.8) is 0 Å². The molecule has 0 aromatic carbocycles. The van der Waals surface area contributed by atoms with E-state index in [4.69, 9.17) is 0 Å². The summed E-state index contributed by atoms with van der Waals surface area (Å²) in [6, 6.07) is 1.44. The maximum absolute atomic E-state index is 3.56. The summed E-state index contributed by atoms with van der Waals surface area (Å²) in [5, 5.41) is 3.56. The Balaban J connectivity index is 2.44. The molecular weight excluding hydrogens is 184 g/mol. The maximum atomic E-state index is 3.56. The predicted octanol–water partition coefficient (Wildman–Crippen LogP) is 2.49. The molecule has 0 saturated carbocycles. The second-order valence-corrected chi connectivity index (χ2v) is 5.16. The van der Waals surface area contributed by atoms with Crippen LogP contribution in [0.2, 0.25) is 0 Å². The zero-order valence-corrected chi connectivity index (χ0v) is 10.9. The molecule has 0 radical (unpaired) electrons. The highest BCUT2D eigenvalue weighted by molar-refractivity contribution is 4.76. The number of hydrogen-bond acceptors (Lipinski definition) is 2. The molecule has 1 rings (SSSR count). The van der Waals surface area contributed by atoms with Crippen LogP contribution in [-0.2, 0) is 0 Å². The summed E-state index contributed by atoms with van der Waals surface area (Å²) < 4.78 is 0. The molecule has 0 bridgehead atoms. The van der Waals surface area contributed by atoms with Gasteiger partial charge < -0.3 is 10.2 Å². The molecule has 1 aliphatic rings. The second kappa shape index (κ2) is 6.49. The lowest BCUT2D eigenvalue weighted by atomic mass is 9.98. The Bertz CT molecular complexity index is 170. The third-order valence-electron chi connectivity index (χ3n) is 4.01. The first kappa shape index (κ1) is 13.0. The van der Waals surface area contributed by atoms with Gasteiger partial charge in [0.1, 0.15) is 0 Å². The molecule has 1 heterocycles. The topological polar surface area (TPSA) is 15.3 Å². The summed E-state index contributed by atoms with van der Waals surface area (Å²) in [7, 11) is 0. The molecule has 0 aliphatic carbocycles. The average Bonchev–Trinajstić information content (AvgIpc) is 2.22. The largest absolute Gasteiger partial charge is 0.314 e. The van der Waals surface area contributed by atoms with E-state index in [1.807, 2.05) is 0 Å². The van der Waals surface area contributed by atoms with E-state index in [1.165, 1.54) is 38.9 Å². The van der Waals surface area contributed by atoms with E-state index in [9.17, 15) is 0 Å². The van der Waals surface area contributed by atoms with Crippen LogP contribution in [0, 0.1) is 5.92 Å². The van der Waals surface area contributed by atoms with Crippen LogP contribution in [0.3, 0.4) is 0 Å². The molecular formula is C13H28N2. The Morgan fingerprint density at radius 1 is 1.33 bits per heavy atom. The first-order valence-electron chi connectivity index (χ1n) is 6.62. The van der Waals surface area contributed by atoms with Crippen molar-refractivity contribution < 1.29 is 0 Å². The first-order valence-corrected chi connectivity index (χ1v) is 6.62. The second-order valence-electron chi connectivity index (χ2n) is 5.16. The van der Waals surface area contributed by atoms with Crippen molar-refractivity contribution in [2.45, 2.75) is 59.0 Å². The molecule has 2 heteroatoms. The summed E-state index contributed by atoms with van der Waals surface area (Å²) >= 11 is 0. The fourth-order valence-electron chi connectivity index (χ4n) is 2.31. The number of nitrogens with one attached hydrogen (secondary N) is 1. The van der Waals surface area contributed by atoms with Crippen molar-refractivity contribution in [3.05, 3.63) is 0 Å². The summed E-state index contributed by atoms with van der Waals surface area (Å²) in [5.74, 6) is 0.827. The minimum atomic E-state index is 0.692. The van der Waals surface area contributed by atoms with Gasteiger partial charge in [0, 0.05) is 12.1 Å². The zero-order valence-electron chi connectivity index (χ0n) is 10.9. The van der Waals surface area contributed by atoms with Crippen molar-refractivity contribution in [1.82, 2.24) is 10.2 Å². The third kappa shape index (κ3) is 4.12. The Kier molecular flexibility index (Phi) is 5.62. The molecule has 0 aromatic rings. The van der Waals surface area contributed by atoms with Crippen LogP contribution in [0.4, 0.5) is 0 Å². The van der Waals surface area contributed by atoms with Crippen molar-refractivity contribution in [1.29, 1.82) is 0 Å². The van der Waals surface area contributed by atoms with E-state index in [0.717, 1.165) is 12.0 Å². The number of hydrogen-bond donors (Lipinski definition) is 1. The van der Waals surface area contributed by atoms with Crippen molar-refractivity contribution in [2.24, 2.45) is 5.92 Å². The van der Waals surface area contributed by atoms with Gasteiger partial charge in [0.2, 0.25) is 0 Å². The van der Waals surface area contributed by atoms with Crippen LogP contribution >= 0.6 is 0 Å². The van der Waals surface area contributed by atoms with E-state index < -0.39 is 0 Å². The summed E-state index contributed by atoms with van der Waals surface area (Å²) in [4.78, 5) is 2.69. The van der Waals surface area contributed by atoms with Crippen molar-refractivity contribution >= 4 is 0 Å². The minimum Gasteiger partial charge on any atom is -0.314 e. The molecule has 3 unspecified atom stereocenters. The highest BCUT2D eigenvalue weighted by atomic mass is 15.2. The standard InChI is InChI=1S/C13H28N2/c1-5-11(2)13(4)15-9-6-8-14-12(3)7-10-15/h11-14H,5-10H2,1-4H3. The molecule has 1 aliphatic heterocycles. The van der Waals surface area contributed by atoms with E-state index in [-0.39, 0.29) is 0 Å². The number of rotatable bonds is 3. The Labute approximate surface area is 95.4 Å². The lowest BCUT2D eigenvalue weighted by molar-refractivity contribution is 0.141. The average molecular weight is 212 g/mol. The van der Waals surface area contributed by atoms with Crippen LogP contribution in [0.5, 0.6) is 0 Å². The van der Waals surface area contributed by atoms with E-state index in [2.05, 4.69) is 37.9 Å². The van der Waals surface area contributed by atoms with Gasteiger partial charge in [0.25, 0.3) is 0 Å². The molecule has 15 heavy (non-hydrogen) atoms. The summed E-state index contributed by atoms with van der Waals surface area (Å²) in [6.45, 7) is 13.1. The fourth-order valence-corrected chi connectivity index (χ4v) is 2.31. The summed E-state index contributed by atoms with van der Waals surface area (Å²) in [5.41, 5.74) is 0. The van der Waals surface area contributed by atoms with Gasteiger partial charge in [-0.15, -0.1) is 0 Å². The van der Waals surface area contributed by atoms with Gasteiger partial charge in [-0.25, -0.2) is 0 Å². The minimum absolute atomic E-state index is 0.692. The molecule has 1 saturated heterocycles. The van der Waals surface area contributed by atoms with Crippen LogP contribution in [0.15, 0.2) is 0 Å². The monoisotopic (exact) mass is 212 g/mol. The molecule has 0 amide bonds. The molecule has 0 aromatic heterocycles. The van der Waals surface area contributed by atoms with E-state index in [1.54, 1.807) is 0 Å². The molecule has 90 valence electrons. The summed E-state index contributed by atoms with van der Waals surface area (Å²) in [6.07, 6.45) is 3.89. The normalized spacial score (nSPS) is 29.2. The lowest BCUT2D eigenvalue weighted by Crippen LogP contribution is -2.44. The highest BCUT2D eigenvalue weighted by Gasteiger charge is 2.20. The van der Waals surface area contributed by atoms with Crippen molar-refractivity contribution in [3.8, 4) is 0 Å². The fraction of sp³-hybridized carbons (Fsp3) is 1.00. The molecule has 1 N–H and O–H groups in total. The van der Waals surface area contributed by atoms with Gasteiger partial charge in [-0.2, -0.15) is 0 Å². The van der Waals surface area contributed by atoms with Gasteiger partial charge in [0.05, 0.1) is 0 Å². The molecule has 3 atom stereocenters. The van der Waals surface area contributed by atoms with Gasteiger partial charge in [-0.1, -0.05) is 20.3 Å². The SMILES string of the molecule is CCC(C)C(C)N1CCCNC(C)CC1. The first-order chi connectivity index (χ1) is 7.15. The van der Waals surface area contributed by atoms with Gasteiger partial charge in [-0.05, 0) is 52.2 Å². The Hall–Kier alpha value is -0.0800. The predicted molar refractivity (Wildman–Crippen MR) is 67.2 cm³/mol. The lowest BCUT2D eigenvalue weighted by Gasteiger charge is -2.35. The molecule has 2 nitrogen and oxygen atoms in total.